The van der Waals surface area contributed by atoms with Gasteiger partial charge in [0.2, 0.25) is 11.7 Å². The van der Waals surface area contributed by atoms with Crippen molar-refractivity contribution in [1.29, 1.82) is 5.26 Å². The van der Waals surface area contributed by atoms with Crippen LogP contribution >= 0.6 is 11.6 Å². The zero-order chi connectivity index (χ0) is 35.0. The highest BCUT2D eigenvalue weighted by molar-refractivity contribution is 6.33. The minimum atomic E-state index is -4.62. The lowest BCUT2D eigenvalue weighted by molar-refractivity contribution is -0.137. The van der Waals surface area contributed by atoms with Gasteiger partial charge in [0.25, 0.3) is 5.56 Å². The Labute approximate surface area is 279 Å². The fourth-order valence-corrected chi connectivity index (χ4v) is 6.15. The fraction of sp³-hybridized carbons (Fsp3) is 0.500. The molecular weight excluding hydrogens is 653 g/mol. The van der Waals surface area contributed by atoms with E-state index in [9.17, 15) is 32.8 Å². The van der Waals surface area contributed by atoms with E-state index in [-0.39, 0.29) is 53.3 Å². The molecule has 0 bridgehead atoms. The number of aromatic nitrogens is 4. The third-order valence-corrected chi connectivity index (χ3v) is 8.50. The van der Waals surface area contributed by atoms with Crippen LogP contribution in [0.3, 0.4) is 0 Å². The van der Waals surface area contributed by atoms with Crippen LogP contribution in [0.25, 0.3) is 11.4 Å². The highest BCUT2D eigenvalue weighted by atomic mass is 35.5. The minimum absolute atomic E-state index is 0.0286. The number of piperazine rings is 1. The molecule has 2 unspecified atom stereocenters. The van der Waals surface area contributed by atoms with Crippen LogP contribution < -0.4 is 16.2 Å². The number of benzene rings is 1. The molecule has 256 valence electrons. The summed E-state index contributed by atoms with van der Waals surface area (Å²) in [5.74, 6) is -0.442. The number of carbonyl (C=O) groups is 2. The Morgan fingerprint density at radius 3 is 2.60 bits per heavy atom. The van der Waals surface area contributed by atoms with Gasteiger partial charge in [0.15, 0.2) is 5.82 Å². The Kier molecular flexibility index (Phi) is 9.89. The van der Waals surface area contributed by atoms with Crippen molar-refractivity contribution in [2.45, 2.75) is 77.7 Å². The van der Waals surface area contributed by atoms with Gasteiger partial charge in [-0.15, -0.1) is 5.10 Å². The number of alkyl halides is 3. The first kappa shape index (κ1) is 34.9. The average Bonchev–Trinajstić information content (AvgIpc) is 3.48. The first-order chi connectivity index (χ1) is 22.6. The van der Waals surface area contributed by atoms with E-state index in [0.717, 1.165) is 28.3 Å². The molecule has 48 heavy (non-hydrogen) atoms. The summed E-state index contributed by atoms with van der Waals surface area (Å²) in [6, 6.07) is 4.09. The topological polar surface area (TPSA) is 147 Å². The van der Waals surface area contributed by atoms with E-state index in [1.165, 1.54) is 9.47 Å². The Hall–Kier alpha value is -4.42. The third kappa shape index (κ3) is 7.34. The van der Waals surface area contributed by atoms with Crippen molar-refractivity contribution in [3.8, 4) is 6.07 Å². The number of anilines is 1. The summed E-state index contributed by atoms with van der Waals surface area (Å²) >= 11 is 6.11. The van der Waals surface area contributed by atoms with Crippen molar-refractivity contribution in [1.82, 2.24) is 29.4 Å². The number of halogens is 4. The van der Waals surface area contributed by atoms with Crippen LogP contribution in [0.5, 0.6) is 0 Å². The van der Waals surface area contributed by atoms with E-state index in [0.29, 0.717) is 31.5 Å². The Balaban J connectivity index is 1.62. The lowest BCUT2D eigenvalue weighted by Gasteiger charge is -2.38. The summed E-state index contributed by atoms with van der Waals surface area (Å²) in [6.07, 6.45) is -1.47. The van der Waals surface area contributed by atoms with Crippen LogP contribution in [0.1, 0.15) is 75.6 Å². The number of hydrogen-bond donors (Lipinski definition) is 2. The van der Waals surface area contributed by atoms with Gasteiger partial charge in [-0.25, -0.2) is 4.79 Å². The van der Waals surface area contributed by atoms with Crippen LogP contribution in [0, 0.1) is 17.2 Å². The van der Waals surface area contributed by atoms with E-state index in [4.69, 9.17) is 16.3 Å². The van der Waals surface area contributed by atoms with E-state index >= 15 is 0 Å². The van der Waals surface area contributed by atoms with E-state index in [1.807, 2.05) is 6.08 Å². The molecular formula is C32H36ClF3N8O4. The summed E-state index contributed by atoms with van der Waals surface area (Å²) in [7, 11) is 0. The second-order valence-electron chi connectivity index (χ2n) is 12.7. The largest absolute Gasteiger partial charge is 0.444 e. The number of rotatable bonds is 6. The van der Waals surface area contributed by atoms with Crippen molar-refractivity contribution in [3.05, 3.63) is 62.3 Å². The molecule has 0 spiro atoms. The smallest absolute Gasteiger partial charge is 0.416 e. The Morgan fingerprint density at radius 1 is 1.25 bits per heavy atom. The van der Waals surface area contributed by atoms with Crippen molar-refractivity contribution in [3.63, 3.8) is 0 Å². The lowest BCUT2D eigenvalue weighted by Crippen LogP contribution is -2.52. The number of nitrogens with zero attached hydrogens (tertiary/aromatic N) is 6. The lowest BCUT2D eigenvalue weighted by atomic mass is 9.90. The summed E-state index contributed by atoms with van der Waals surface area (Å²) in [6.45, 7) is 7.58. The molecule has 2 aromatic heterocycles. The van der Waals surface area contributed by atoms with Crippen molar-refractivity contribution >= 4 is 40.6 Å². The first-order valence-electron chi connectivity index (χ1n) is 15.6. The molecule has 5 rings (SSSR count). The highest BCUT2D eigenvalue weighted by Gasteiger charge is 2.37. The normalized spacial score (nSPS) is 18.7. The summed E-state index contributed by atoms with van der Waals surface area (Å²) < 4.78 is 47.9. The monoisotopic (exact) mass is 688 g/mol. The second kappa shape index (κ2) is 13.6. The molecule has 16 heteroatoms. The quantitative estimate of drug-likeness (QED) is 0.352. The number of ether oxygens (including phenoxy) is 1. The molecule has 2 aliphatic rings. The van der Waals surface area contributed by atoms with E-state index in [1.54, 1.807) is 27.7 Å². The van der Waals surface area contributed by atoms with Gasteiger partial charge < -0.3 is 19.9 Å². The number of amides is 2. The number of fused-ring (bicyclic) bond motifs is 1. The Bertz CT molecular complexity index is 1870. The Morgan fingerprint density at radius 2 is 2.00 bits per heavy atom. The number of hydrogen-bond acceptors (Lipinski definition) is 8. The number of allylic oxidation sites excluding steroid dienone is 2. The summed E-state index contributed by atoms with van der Waals surface area (Å²) in [4.78, 5) is 47.4. The molecule has 1 fully saturated rings. The molecule has 12 nitrogen and oxygen atoms in total. The maximum atomic E-state index is 14.3. The SMILES string of the molecule is CCc1c(C2CNCCN2C(=O)OC(C)(C)C)c(=O)n2nc(C3=CCC(C#N)CC3)nc2n1CC(=O)Nc1ccc(C(F)(F)F)cc1Cl. The average molecular weight is 689 g/mol. The summed E-state index contributed by atoms with van der Waals surface area (Å²) in [5, 5.41) is 19.4. The fourth-order valence-electron chi connectivity index (χ4n) is 5.92. The van der Waals surface area contributed by atoms with Gasteiger partial charge in [-0.1, -0.05) is 24.6 Å². The molecule has 0 radical (unpaired) electrons. The zero-order valence-corrected chi connectivity index (χ0v) is 27.7. The third-order valence-electron chi connectivity index (χ3n) is 8.18. The zero-order valence-electron chi connectivity index (χ0n) is 26.9. The molecule has 1 aliphatic heterocycles. The van der Waals surface area contributed by atoms with Crippen molar-refractivity contribution in [2.24, 2.45) is 5.92 Å². The van der Waals surface area contributed by atoms with Crippen molar-refractivity contribution < 1.29 is 27.5 Å². The second-order valence-corrected chi connectivity index (χ2v) is 13.1. The van der Waals surface area contributed by atoms with Gasteiger partial charge in [0.1, 0.15) is 12.1 Å². The van der Waals surface area contributed by atoms with E-state index < -0.39 is 47.5 Å². The molecule has 2 amide bonds. The maximum Gasteiger partial charge on any atom is 0.416 e. The van der Waals surface area contributed by atoms with Crippen LogP contribution in [0.2, 0.25) is 5.02 Å². The van der Waals surface area contributed by atoms with E-state index in [2.05, 4.69) is 26.8 Å². The molecule has 1 aromatic carbocycles. The number of nitrogens with one attached hydrogen (secondary N) is 2. The predicted octanol–water partition coefficient (Wildman–Crippen LogP) is 5.35. The summed E-state index contributed by atoms with van der Waals surface area (Å²) in [5.41, 5.74) is -0.898. The van der Waals surface area contributed by atoms with Gasteiger partial charge in [-0.2, -0.15) is 27.9 Å². The van der Waals surface area contributed by atoms with Gasteiger partial charge in [0.05, 0.1) is 39.9 Å². The molecule has 0 saturated carbocycles. The molecule has 3 heterocycles. The van der Waals surface area contributed by atoms with Crippen LogP contribution in [-0.2, 0) is 28.7 Å². The van der Waals surface area contributed by atoms with Gasteiger partial charge in [-0.05, 0) is 70.2 Å². The van der Waals surface area contributed by atoms with Gasteiger partial charge in [-0.3, -0.25) is 14.5 Å². The first-order valence-corrected chi connectivity index (χ1v) is 16.0. The molecule has 2 N–H and O–H groups in total. The van der Waals surface area contributed by atoms with Crippen molar-refractivity contribution in [2.75, 3.05) is 25.0 Å². The maximum absolute atomic E-state index is 14.3. The molecule has 1 saturated heterocycles. The predicted molar refractivity (Wildman–Crippen MR) is 171 cm³/mol. The molecule has 1 aliphatic carbocycles. The highest BCUT2D eigenvalue weighted by Crippen LogP contribution is 2.34. The van der Waals surface area contributed by atoms with Gasteiger partial charge in [0, 0.05) is 25.3 Å². The minimum Gasteiger partial charge on any atom is -0.444 e. The van der Waals surface area contributed by atoms with Crippen LogP contribution in [0.15, 0.2) is 29.1 Å². The van der Waals surface area contributed by atoms with Crippen LogP contribution in [-0.4, -0.2) is 61.3 Å². The van der Waals surface area contributed by atoms with Gasteiger partial charge >= 0.3 is 12.3 Å². The number of carbonyl (C=O) groups excluding carboxylic acids is 2. The standard InChI is InChI=1S/C32H36ClF3N8O4/c1-5-23-26(24-16-38-12-13-42(24)30(47)48-31(2,3)4)28(46)44-29(40-27(41-44)19-8-6-18(15-37)7-9-19)43(23)17-25(45)39-22-11-10-20(14-21(22)33)32(34,35)36/h8,10-11,14,18,24,38H,5-7,9,12-13,16-17H2,1-4H3,(H,39,45). The molecule has 2 atom stereocenters. The van der Waals surface area contributed by atoms with Crippen LogP contribution in [0.4, 0.5) is 23.7 Å². The number of nitriles is 1. The molecule has 3 aromatic rings.